The van der Waals surface area contributed by atoms with E-state index in [1.807, 2.05) is 0 Å². The molecule has 7 heteroatoms. The number of aromatic amines is 1. The van der Waals surface area contributed by atoms with Crippen LogP contribution in [-0.2, 0) is 0 Å². The number of aromatic carboxylic acids is 1. The number of aromatic nitrogens is 1. The standard InChI is InChI=1S/C13H10F3NO3/c1-5-3-6(2)9-7(4-5)8(10(17-9)12(19)20)11(18)13(14,15)16/h3-4,17H,1-2H3,(H,19,20). The molecule has 1 aromatic carbocycles. The van der Waals surface area contributed by atoms with E-state index in [4.69, 9.17) is 5.11 Å². The fraction of sp³-hybridized carbons (Fsp3) is 0.231. The van der Waals surface area contributed by atoms with Crippen molar-refractivity contribution in [2.75, 3.05) is 0 Å². The maximum absolute atomic E-state index is 12.6. The smallest absolute Gasteiger partial charge is 0.454 e. The number of ketones is 1. The van der Waals surface area contributed by atoms with Crippen molar-refractivity contribution in [3.05, 3.63) is 34.5 Å². The topological polar surface area (TPSA) is 70.2 Å². The first-order valence-electron chi connectivity index (χ1n) is 5.60. The summed E-state index contributed by atoms with van der Waals surface area (Å²) < 4.78 is 37.9. The molecular formula is C13H10F3NO3. The van der Waals surface area contributed by atoms with Crippen molar-refractivity contribution in [3.8, 4) is 0 Å². The third-order valence-corrected chi connectivity index (χ3v) is 2.95. The fourth-order valence-corrected chi connectivity index (χ4v) is 2.19. The van der Waals surface area contributed by atoms with Crippen LogP contribution in [0.2, 0.25) is 0 Å². The van der Waals surface area contributed by atoms with Crippen molar-refractivity contribution >= 4 is 22.7 Å². The van der Waals surface area contributed by atoms with Crippen LogP contribution in [-0.4, -0.2) is 28.0 Å². The lowest BCUT2D eigenvalue weighted by Gasteiger charge is -2.06. The predicted octanol–water partition coefficient (Wildman–Crippen LogP) is 3.23. The Morgan fingerprint density at radius 1 is 1.20 bits per heavy atom. The molecule has 20 heavy (non-hydrogen) atoms. The number of carbonyl (C=O) groups excluding carboxylic acids is 1. The number of nitrogens with one attached hydrogen (secondary N) is 1. The van der Waals surface area contributed by atoms with Crippen LogP contribution < -0.4 is 0 Å². The Kier molecular flexibility index (Phi) is 3.08. The zero-order valence-corrected chi connectivity index (χ0v) is 10.6. The van der Waals surface area contributed by atoms with Crippen molar-refractivity contribution in [2.24, 2.45) is 0 Å². The fourth-order valence-electron chi connectivity index (χ4n) is 2.19. The molecule has 106 valence electrons. The van der Waals surface area contributed by atoms with Crippen LogP contribution in [0.25, 0.3) is 10.9 Å². The maximum atomic E-state index is 12.6. The molecule has 0 saturated heterocycles. The minimum Gasteiger partial charge on any atom is -0.477 e. The number of fused-ring (bicyclic) bond motifs is 1. The van der Waals surface area contributed by atoms with Crippen molar-refractivity contribution in [2.45, 2.75) is 20.0 Å². The van der Waals surface area contributed by atoms with Crippen molar-refractivity contribution < 1.29 is 27.9 Å². The number of carboxylic acids is 1. The summed E-state index contributed by atoms with van der Waals surface area (Å²) in [7, 11) is 0. The van der Waals surface area contributed by atoms with Gasteiger partial charge in [0.25, 0.3) is 5.78 Å². The third kappa shape index (κ3) is 2.15. The summed E-state index contributed by atoms with van der Waals surface area (Å²) in [6.07, 6.45) is -5.13. The van der Waals surface area contributed by atoms with E-state index in [0.717, 1.165) is 0 Å². The van der Waals surface area contributed by atoms with E-state index in [2.05, 4.69) is 4.98 Å². The Hall–Kier alpha value is -2.31. The summed E-state index contributed by atoms with van der Waals surface area (Å²) >= 11 is 0. The molecule has 0 spiro atoms. The second kappa shape index (κ2) is 4.36. The molecule has 0 aliphatic carbocycles. The second-order valence-electron chi connectivity index (χ2n) is 4.51. The normalized spacial score (nSPS) is 11.8. The highest BCUT2D eigenvalue weighted by Gasteiger charge is 2.43. The van der Waals surface area contributed by atoms with Gasteiger partial charge in [0.2, 0.25) is 0 Å². The number of carbonyl (C=O) groups is 2. The molecule has 0 saturated carbocycles. The van der Waals surface area contributed by atoms with Gasteiger partial charge in [-0.3, -0.25) is 4.79 Å². The number of alkyl halides is 3. The SMILES string of the molecule is Cc1cc(C)c2[nH]c(C(=O)O)c(C(=O)C(F)(F)F)c2c1. The van der Waals surface area contributed by atoms with Gasteiger partial charge in [-0.05, 0) is 25.5 Å². The molecule has 0 amide bonds. The first-order valence-corrected chi connectivity index (χ1v) is 5.60. The molecule has 0 bridgehead atoms. The number of Topliss-reactive ketones (excluding diaryl/α,β-unsaturated/α-hetero) is 1. The van der Waals surface area contributed by atoms with Gasteiger partial charge in [-0.15, -0.1) is 0 Å². The molecule has 0 atom stereocenters. The molecule has 0 aliphatic heterocycles. The minimum atomic E-state index is -5.13. The summed E-state index contributed by atoms with van der Waals surface area (Å²) in [6.45, 7) is 3.28. The van der Waals surface area contributed by atoms with Gasteiger partial charge in [-0.2, -0.15) is 13.2 Å². The van der Waals surface area contributed by atoms with Crippen LogP contribution in [0.3, 0.4) is 0 Å². The van der Waals surface area contributed by atoms with Crippen LogP contribution in [0.15, 0.2) is 12.1 Å². The van der Waals surface area contributed by atoms with Crippen molar-refractivity contribution in [1.82, 2.24) is 4.98 Å². The highest BCUT2D eigenvalue weighted by Crippen LogP contribution is 2.32. The minimum absolute atomic E-state index is 0.0257. The molecule has 0 aliphatic rings. The van der Waals surface area contributed by atoms with E-state index in [1.54, 1.807) is 19.9 Å². The van der Waals surface area contributed by atoms with Gasteiger partial charge in [0.1, 0.15) is 5.69 Å². The third-order valence-electron chi connectivity index (χ3n) is 2.95. The van der Waals surface area contributed by atoms with E-state index < -0.39 is 29.2 Å². The van der Waals surface area contributed by atoms with E-state index in [1.165, 1.54) is 6.07 Å². The first-order chi connectivity index (χ1) is 9.12. The Labute approximate surface area is 111 Å². The molecule has 1 aromatic heterocycles. The van der Waals surface area contributed by atoms with Crippen LogP contribution in [0.1, 0.15) is 32.0 Å². The lowest BCUT2D eigenvalue weighted by Crippen LogP contribution is -2.24. The van der Waals surface area contributed by atoms with Gasteiger partial charge in [-0.1, -0.05) is 11.6 Å². The lowest BCUT2D eigenvalue weighted by atomic mass is 10.0. The molecule has 0 unspecified atom stereocenters. The summed E-state index contributed by atoms with van der Waals surface area (Å²) in [6, 6.07) is 3.05. The Morgan fingerprint density at radius 2 is 1.80 bits per heavy atom. The molecule has 2 N–H and O–H groups in total. The quantitative estimate of drug-likeness (QED) is 0.832. The van der Waals surface area contributed by atoms with Crippen LogP contribution >= 0.6 is 0 Å². The number of rotatable bonds is 2. The summed E-state index contributed by atoms with van der Waals surface area (Å²) in [5.74, 6) is -3.77. The van der Waals surface area contributed by atoms with E-state index >= 15 is 0 Å². The molecule has 4 nitrogen and oxygen atoms in total. The monoisotopic (exact) mass is 285 g/mol. The first kappa shape index (κ1) is 14.1. The van der Waals surface area contributed by atoms with Gasteiger partial charge in [0, 0.05) is 10.9 Å². The number of H-pyrrole nitrogens is 1. The number of aryl methyl sites for hydroxylation is 2. The van der Waals surface area contributed by atoms with Crippen molar-refractivity contribution in [1.29, 1.82) is 0 Å². The van der Waals surface area contributed by atoms with Crippen LogP contribution in [0.5, 0.6) is 0 Å². The van der Waals surface area contributed by atoms with Gasteiger partial charge in [-0.25, -0.2) is 4.79 Å². The molecule has 0 radical (unpaired) electrons. The number of carboxylic acid groups (broad SMARTS) is 1. The molecule has 2 aromatic rings. The highest BCUT2D eigenvalue weighted by atomic mass is 19.4. The van der Waals surface area contributed by atoms with Crippen LogP contribution in [0.4, 0.5) is 13.2 Å². The zero-order chi connectivity index (χ0) is 15.2. The van der Waals surface area contributed by atoms with Gasteiger partial charge < -0.3 is 10.1 Å². The molecule has 1 heterocycles. The second-order valence-corrected chi connectivity index (χ2v) is 4.51. The van der Waals surface area contributed by atoms with E-state index in [-0.39, 0.29) is 10.9 Å². The predicted molar refractivity (Wildman–Crippen MR) is 65.1 cm³/mol. The van der Waals surface area contributed by atoms with E-state index in [0.29, 0.717) is 11.1 Å². The average Bonchev–Trinajstić information content (AvgIpc) is 2.66. The number of hydrogen-bond donors (Lipinski definition) is 2. The summed E-state index contributed by atoms with van der Waals surface area (Å²) in [5, 5.41) is 8.96. The summed E-state index contributed by atoms with van der Waals surface area (Å²) in [4.78, 5) is 24.9. The number of hydrogen-bond acceptors (Lipinski definition) is 2. The maximum Gasteiger partial charge on any atom is 0.454 e. The van der Waals surface area contributed by atoms with E-state index in [9.17, 15) is 22.8 Å². The van der Waals surface area contributed by atoms with Gasteiger partial charge >= 0.3 is 12.1 Å². The number of benzene rings is 1. The van der Waals surface area contributed by atoms with Gasteiger partial charge in [0.05, 0.1) is 5.56 Å². The Bertz CT molecular complexity index is 729. The van der Waals surface area contributed by atoms with Crippen LogP contribution in [0, 0.1) is 13.8 Å². The zero-order valence-electron chi connectivity index (χ0n) is 10.6. The van der Waals surface area contributed by atoms with Crippen molar-refractivity contribution in [3.63, 3.8) is 0 Å². The Morgan fingerprint density at radius 3 is 2.30 bits per heavy atom. The molecule has 0 fully saturated rings. The largest absolute Gasteiger partial charge is 0.477 e. The Balaban J connectivity index is 2.89. The lowest BCUT2D eigenvalue weighted by molar-refractivity contribution is -0.0884. The molecular weight excluding hydrogens is 275 g/mol. The highest BCUT2D eigenvalue weighted by molar-refractivity contribution is 6.17. The number of halogens is 3. The average molecular weight is 285 g/mol. The van der Waals surface area contributed by atoms with Gasteiger partial charge in [0.15, 0.2) is 0 Å². The molecule has 2 rings (SSSR count). The summed E-state index contributed by atoms with van der Waals surface area (Å²) in [5.41, 5.74) is -0.144.